The molecule has 2 rings (SSSR count). The molecule has 1 aromatic carbocycles. The van der Waals surface area contributed by atoms with Gasteiger partial charge >= 0.3 is 5.97 Å². The molecular formula is C15H17F2NO3. The van der Waals surface area contributed by atoms with E-state index in [2.05, 4.69) is 0 Å². The Morgan fingerprint density at radius 3 is 2.67 bits per heavy atom. The van der Waals surface area contributed by atoms with E-state index in [1.165, 1.54) is 11.0 Å². The number of amides is 1. The van der Waals surface area contributed by atoms with Gasteiger partial charge in [-0.1, -0.05) is 13.0 Å². The molecule has 4 nitrogen and oxygen atoms in total. The molecule has 0 saturated carbocycles. The largest absolute Gasteiger partial charge is 0.480 e. The third-order valence-corrected chi connectivity index (χ3v) is 3.81. The van der Waals surface area contributed by atoms with Gasteiger partial charge in [-0.15, -0.1) is 0 Å². The van der Waals surface area contributed by atoms with Crippen LogP contribution in [0.1, 0.15) is 25.3 Å². The van der Waals surface area contributed by atoms with Crippen molar-refractivity contribution in [2.45, 2.75) is 32.2 Å². The van der Waals surface area contributed by atoms with E-state index in [-0.39, 0.29) is 18.2 Å². The average Bonchev–Trinajstić information content (AvgIpc) is 2.42. The van der Waals surface area contributed by atoms with Crippen molar-refractivity contribution in [2.75, 3.05) is 6.54 Å². The molecule has 1 aliphatic rings. The van der Waals surface area contributed by atoms with E-state index < -0.39 is 23.6 Å². The number of hydrogen-bond donors (Lipinski definition) is 1. The van der Waals surface area contributed by atoms with Crippen molar-refractivity contribution in [3.8, 4) is 0 Å². The molecule has 1 N–H and O–H groups in total. The molecule has 0 aromatic heterocycles. The Labute approximate surface area is 121 Å². The molecule has 1 aromatic rings. The third-order valence-electron chi connectivity index (χ3n) is 3.81. The molecule has 2 unspecified atom stereocenters. The number of likely N-dealkylation sites (tertiary alicyclic amines) is 1. The summed E-state index contributed by atoms with van der Waals surface area (Å²) in [6.45, 7) is 2.33. The van der Waals surface area contributed by atoms with Crippen LogP contribution < -0.4 is 0 Å². The van der Waals surface area contributed by atoms with E-state index in [1.54, 1.807) is 0 Å². The van der Waals surface area contributed by atoms with Crippen molar-refractivity contribution in [3.63, 3.8) is 0 Å². The fraction of sp³-hybridized carbons (Fsp3) is 0.467. The van der Waals surface area contributed by atoms with Crippen molar-refractivity contribution in [1.82, 2.24) is 4.90 Å². The summed E-state index contributed by atoms with van der Waals surface area (Å²) in [6.07, 6.45) is 1.03. The number of nitrogens with zero attached hydrogens (tertiary/aromatic N) is 1. The summed E-state index contributed by atoms with van der Waals surface area (Å²) in [4.78, 5) is 24.8. The normalized spacial score (nSPS) is 22.1. The van der Waals surface area contributed by atoms with Gasteiger partial charge in [-0.05, 0) is 36.5 Å². The average molecular weight is 297 g/mol. The minimum absolute atomic E-state index is 0.130. The first-order valence-corrected chi connectivity index (χ1v) is 6.84. The van der Waals surface area contributed by atoms with E-state index in [0.29, 0.717) is 18.5 Å². The molecule has 0 spiro atoms. The fourth-order valence-electron chi connectivity index (χ4n) is 2.60. The van der Waals surface area contributed by atoms with Crippen LogP contribution in [0.2, 0.25) is 0 Å². The van der Waals surface area contributed by atoms with Crippen molar-refractivity contribution >= 4 is 11.9 Å². The van der Waals surface area contributed by atoms with Gasteiger partial charge in [0.2, 0.25) is 5.91 Å². The summed E-state index contributed by atoms with van der Waals surface area (Å²) < 4.78 is 26.0. The Morgan fingerprint density at radius 1 is 1.33 bits per heavy atom. The molecule has 0 aliphatic carbocycles. The zero-order valence-electron chi connectivity index (χ0n) is 11.7. The topological polar surface area (TPSA) is 57.6 Å². The molecule has 1 fully saturated rings. The van der Waals surface area contributed by atoms with Gasteiger partial charge in [0.15, 0.2) is 11.6 Å². The van der Waals surface area contributed by atoms with Crippen LogP contribution in [0.15, 0.2) is 18.2 Å². The van der Waals surface area contributed by atoms with Gasteiger partial charge in [0.05, 0.1) is 6.42 Å². The van der Waals surface area contributed by atoms with Gasteiger partial charge in [0.1, 0.15) is 6.04 Å². The number of halogens is 2. The number of rotatable bonds is 3. The Morgan fingerprint density at radius 2 is 2.05 bits per heavy atom. The predicted octanol–water partition coefficient (Wildman–Crippen LogP) is 2.22. The standard InChI is InChI=1S/C15H17F2NO3/c1-9-4-5-18(13(6-9)15(20)21)14(19)8-10-2-3-11(16)12(17)7-10/h2-3,7,9,13H,4-6,8H2,1H3,(H,20,21). The van der Waals surface area contributed by atoms with Crippen molar-refractivity contribution in [3.05, 3.63) is 35.4 Å². The van der Waals surface area contributed by atoms with E-state index in [4.69, 9.17) is 0 Å². The van der Waals surface area contributed by atoms with Crippen molar-refractivity contribution in [2.24, 2.45) is 5.92 Å². The molecule has 114 valence electrons. The van der Waals surface area contributed by atoms with Crippen LogP contribution in [0, 0.1) is 17.6 Å². The predicted molar refractivity (Wildman–Crippen MR) is 71.6 cm³/mol. The summed E-state index contributed by atoms with van der Waals surface area (Å²) >= 11 is 0. The molecule has 1 aliphatic heterocycles. The van der Waals surface area contributed by atoms with Crippen LogP contribution in [0.3, 0.4) is 0 Å². The zero-order valence-corrected chi connectivity index (χ0v) is 11.7. The Kier molecular flexibility index (Phi) is 4.55. The second-order valence-electron chi connectivity index (χ2n) is 5.50. The van der Waals surface area contributed by atoms with Crippen LogP contribution in [0.4, 0.5) is 8.78 Å². The highest BCUT2D eigenvalue weighted by molar-refractivity contribution is 5.85. The van der Waals surface area contributed by atoms with Gasteiger partial charge in [-0.2, -0.15) is 0 Å². The second-order valence-corrected chi connectivity index (χ2v) is 5.50. The molecule has 1 saturated heterocycles. The number of carbonyl (C=O) groups is 2. The van der Waals surface area contributed by atoms with Crippen LogP contribution in [-0.4, -0.2) is 34.5 Å². The molecule has 0 bridgehead atoms. The SMILES string of the molecule is CC1CCN(C(=O)Cc2ccc(F)c(F)c2)C(C(=O)O)C1. The third kappa shape index (κ3) is 3.56. The summed E-state index contributed by atoms with van der Waals surface area (Å²) in [5.41, 5.74) is 0.335. The molecule has 21 heavy (non-hydrogen) atoms. The zero-order chi connectivity index (χ0) is 15.6. The van der Waals surface area contributed by atoms with Crippen molar-refractivity contribution in [1.29, 1.82) is 0 Å². The summed E-state index contributed by atoms with van der Waals surface area (Å²) in [5.74, 6) is -3.14. The van der Waals surface area contributed by atoms with Gasteiger partial charge in [0, 0.05) is 6.54 Å². The molecule has 2 atom stereocenters. The van der Waals surface area contributed by atoms with Gasteiger partial charge in [-0.3, -0.25) is 4.79 Å². The molecular weight excluding hydrogens is 280 g/mol. The van der Waals surface area contributed by atoms with Crippen LogP contribution in [0.25, 0.3) is 0 Å². The van der Waals surface area contributed by atoms with E-state index >= 15 is 0 Å². The lowest BCUT2D eigenvalue weighted by Gasteiger charge is -2.36. The monoisotopic (exact) mass is 297 g/mol. The number of hydrogen-bond acceptors (Lipinski definition) is 2. The quantitative estimate of drug-likeness (QED) is 0.930. The Balaban J connectivity index is 2.10. The molecule has 1 heterocycles. The lowest BCUT2D eigenvalue weighted by molar-refractivity contribution is -0.152. The molecule has 1 amide bonds. The first-order chi connectivity index (χ1) is 9.88. The van der Waals surface area contributed by atoms with Crippen LogP contribution in [0.5, 0.6) is 0 Å². The van der Waals surface area contributed by atoms with Gasteiger partial charge in [-0.25, -0.2) is 13.6 Å². The summed E-state index contributed by atoms with van der Waals surface area (Å²) in [7, 11) is 0. The van der Waals surface area contributed by atoms with Crippen LogP contribution >= 0.6 is 0 Å². The smallest absolute Gasteiger partial charge is 0.326 e. The highest BCUT2D eigenvalue weighted by Gasteiger charge is 2.34. The lowest BCUT2D eigenvalue weighted by Crippen LogP contribution is -2.50. The van der Waals surface area contributed by atoms with Gasteiger partial charge < -0.3 is 10.0 Å². The van der Waals surface area contributed by atoms with E-state index in [9.17, 15) is 23.5 Å². The highest BCUT2D eigenvalue weighted by Crippen LogP contribution is 2.23. The van der Waals surface area contributed by atoms with Crippen LogP contribution in [-0.2, 0) is 16.0 Å². The second kappa shape index (κ2) is 6.20. The first kappa shape index (κ1) is 15.4. The maximum absolute atomic E-state index is 13.1. The minimum Gasteiger partial charge on any atom is -0.480 e. The van der Waals surface area contributed by atoms with Gasteiger partial charge in [0.25, 0.3) is 0 Å². The highest BCUT2D eigenvalue weighted by atomic mass is 19.2. The molecule has 0 radical (unpaired) electrons. The number of piperidine rings is 1. The number of carboxylic acid groups (broad SMARTS) is 1. The number of carbonyl (C=O) groups excluding carboxylic acids is 1. The Bertz CT molecular complexity index is 562. The number of aliphatic carboxylic acids is 1. The van der Waals surface area contributed by atoms with E-state index in [1.807, 2.05) is 6.92 Å². The number of carboxylic acids is 1. The van der Waals surface area contributed by atoms with E-state index in [0.717, 1.165) is 18.6 Å². The lowest BCUT2D eigenvalue weighted by atomic mass is 9.92. The summed E-state index contributed by atoms with van der Waals surface area (Å²) in [6, 6.07) is 2.42. The maximum Gasteiger partial charge on any atom is 0.326 e. The number of benzene rings is 1. The fourth-order valence-corrected chi connectivity index (χ4v) is 2.60. The first-order valence-electron chi connectivity index (χ1n) is 6.84. The Hall–Kier alpha value is -1.98. The summed E-state index contributed by atoms with van der Waals surface area (Å²) in [5, 5.41) is 9.22. The maximum atomic E-state index is 13.1. The minimum atomic E-state index is -1.03. The molecule has 6 heteroatoms. The van der Waals surface area contributed by atoms with Crippen molar-refractivity contribution < 1.29 is 23.5 Å².